The first-order valence-corrected chi connectivity index (χ1v) is 9.04. The summed E-state index contributed by atoms with van der Waals surface area (Å²) in [6, 6.07) is 7.20. The molecule has 2 unspecified atom stereocenters. The Kier molecular flexibility index (Phi) is 5.62. The molecule has 1 aliphatic rings. The van der Waals surface area contributed by atoms with Crippen molar-refractivity contribution in [2.24, 2.45) is 5.92 Å². The third kappa shape index (κ3) is 3.83. The second-order valence-corrected chi connectivity index (χ2v) is 7.72. The molecule has 1 aromatic carbocycles. The van der Waals surface area contributed by atoms with E-state index in [-0.39, 0.29) is 29.3 Å². The molecule has 2 heterocycles. The van der Waals surface area contributed by atoms with Gasteiger partial charge in [0.15, 0.2) is 0 Å². The van der Waals surface area contributed by atoms with Gasteiger partial charge in [-0.25, -0.2) is 13.1 Å². The summed E-state index contributed by atoms with van der Waals surface area (Å²) in [6.45, 7) is 5.68. The Bertz CT molecular complexity index is 795. The van der Waals surface area contributed by atoms with Crippen molar-refractivity contribution >= 4 is 33.3 Å². The minimum atomic E-state index is -3.57. The van der Waals surface area contributed by atoms with Crippen molar-refractivity contribution in [2.45, 2.75) is 31.2 Å². The molecule has 0 spiro atoms. The van der Waals surface area contributed by atoms with Crippen LogP contribution in [0.1, 0.15) is 18.9 Å². The van der Waals surface area contributed by atoms with Crippen LogP contribution in [0.15, 0.2) is 35.4 Å². The third-order valence-electron chi connectivity index (χ3n) is 4.19. The minimum absolute atomic E-state index is 0. The van der Waals surface area contributed by atoms with Gasteiger partial charge in [-0.2, -0.15) is 0 Å². The van der Waals surface area contributed by atoms with Crippen molar-refractivity contribution in [1.82, 2.24) is 15.0 Å². The molecule has 0 aliphatic carbocycles. The SMILES string of the molecule is Cc1cnc2c(S(=O)(=O)NC3CCNCC3C)cccc2c1.Cl. The highest BCUT2D eigenvalue weighted by Gasteiger charge is 2.27. The van der Waals surface area contributed by atoms with Crippen LogP contribution in [0.25, 0.3) is 10.9 Å². The largest absolute Gasteiger partial charge is 0.316 e. The van der Waals surface area contributed by atoms with Gasteiger partial charge in [0.25, 0.3) is 0 Å². The van der Waals surface area contributed by atoms with Crippen LogP contribution >= 0.6 is 12.4 Å². The number of hydrogen-bond donors (Lipinski definition) is 2. The lowest BCUT2D eigenvalue weighted by Crippen LogP contribution is -2.48. The molecule has 2 aromatic rings. The van der Waals surface area contributed by atoms with E-state index in [0.29, 0.717) is 5.52 Å². The number of rotatable bonds is 3. The van der Waals surface area contributed by atoms with Crippen LogP contribution in [-0.4, -0.2) is 32.5 Å². The van der Waals surface area contributed by atoms with E-state index in [2.05, 4.69) is 21.9 Å². The number of para-hydroxylation sites is 1. The van der Waals surface area contributed by atoms with Crippen LogP contribution in [-0.2, 0) is 10.0 Å². The van der Waals surface area contributed by atoms with E-state index in [4.69, 9.17) is 0 Å². The average Bonchev–Trinajstić information content (AvgIpc) is 2.48. The van der Waals surface area contributed by atoms with E-state index in [9.17, 15) is 8.42 Å². The standard InChI is InChI=1S/C16H21N3O2S.ClH/c1-11-8-13-4-3-5-15(16(13)18-9-11)22(20,21)19-14-6-7-17-10-12(14)2;/h3-5,8-9,12,14,17,19H,6-7,10H2,1-2H3;1H. The summed E-state index contributed by atoms with van der Waals surface area (Å²) in [5, 5.41) is 4.13. The zero-order chi connectivity index (χ0) is 15.7. The quantitative estimate of drug-likeness (QED) is 0.885. The molecule has 5 nitrogen and oxygen atoms in total. The second-order valence-electron chi connectivity index (χ2n) is 6.04. The van der Waals surface area contributed by atoms with Gasteiger partial charge >= 0.3 is 0 Å². The van der Waals surface area contributed by atoms with Gasteiger partial charge in [0.05, 0.1) is 5.52 Å². The number of nitrogens with one attached hydrogen (secondary N) is 2. The number of piperidine rings is 1. The Morgan fingerprint density at radius 3 is 2.87 bits per heavy atom. The molecular formula is C16H22ClN3O2S. The van der Waals surface area contributed by atoms with Gasteiger partial charge in [0.1, 0.15) is 4.90 Å². The molecule has 7 heteroatoms. The summed E-state index contributed by atoms with van der Waals surface area (Å²) in [4.78, 5) is 4.59. The number of aryl methyl sites for hydroxylation is 1. The second kappa shape index (κ2) is 7.13. The van der Waals surface area contributed by atoms with Gasteiger partial charge in [-0.05, 0) is 50.0 Å². The molecule has 1 aromatic heterocycles. The number of aromatic nitrogens is 1. The van der Waals surface area contributed by atoms with Crippen LogP contribution in [0.4, 0.5) is 0 Å². The first kappa shape index (κ1) is 18.1. The molecule has 23 heavy (non-hydrogen) atoms. The summed E-state index contributed by atoms with van der Waals surface area (Å²) in [6.07, 6.45) is 2.51. The lowest BCUT2D eigenvalue weighted by atomic mass is 9.97. The predicted octanol–water partition coefficient (Wildman–Crippen LogP) is 2.24. The summed E-state index contributed by atoms with van der Waals surface area (Å²) in [7, 11) is -3.57. The summed E-state index contributed by atoms with van der Waals surface area (Å²) >= 11 is 0. The van der Waals surface area contributed by atoms with E-state index in [1.54, 1.807) is 18.3 Å². The maximum Gasteiger partial charge on any atom is 0.242 e. The first-order chi connectivity index (χ1) is 10.5. The number of benzene rings is 1. The number of hydrogen-bond acceptors (Lipinski definition) is 4. The molecule has 3 rings (SSSR count). The van der Waals surface area contributed by atoms with Crippen LogP contribution in [0, 0.1) is 12.8 Å². The summed E-state index contributed by atoms with van der Waals surface area (Å²) in [5.41, 5.74) is 1.55. The van der Waals surface area contributed by atoms with Crippen molar-refractivity contribution in [3.05, 3.63) is 36.0 Å². The summed E-state index contributed by atoms with van der Waals surface area (Å²) in [5.74, 6) is 0.272. The van der Waals surface area contributed by atoms with Crippen LogP contribution in [0.5, 0.6) is 0 Å². The van der Waals surface area contributed by atoms with Crippen molar-refractivity contribution in [3.8, 4) is 0 Å². The number of halogens is 1. The van der Waals surface area contributed by atoms with E-state index in [1.807, 2.05) is 19.1 Å². The fourth-order valence-corrected chi connectivity index (χ4v) is 4.47. The zero-order valence-corrected chi connectivity index (χ0v) is 14.9. The van der Waals surface area contributed by atoms with Gasteiger partial charge < -0.3 is 5.32 Å². The highest BCUT2D eigenvalue weighted by atomic mass is 35.5. The maximum absolute atomic E-state index is 12.8. The normalized spacial score (nSPS) is 21.8. The molecule has 126 valence electrons. The fourth-order valence-electron chi connectivity index (χ4n) is 2.91. The third-order valence-corrected chi connectivity index (χ3v) is 5.71. The topological polar surface area (TPSA) is 71.1 Å². The molecule has 0 amide bonds. The van der Waals surface area contributed by atoms with Gasteiger partial charge in [-0.1, -0.05) is 19.1 Å². The van der Waals surface area contributed by atoms with Crippen molar-refractivity contribution in [3.63, 3.8) is 0 Å². The van der Waals surface area contributed by atoms with Gasteiger partial charge in [-0.3, -0.25) is 4.98 Å². The molecule has 1 fully saturated rings. The van der Waals surface area contributed by atoms with Crippen molar-refractivity contribution in [1.29, 1.82) is 0 Å². The highest BCUT2D eigenvalue weighted by Crippen LogP contribution is 2.23. The van der Waals surface area contributed by atoms with Crippen LogP contribution in [0.3, 0.4) is 0 Å². The number of sulfonamides is 1. The monoisotopic (exact) mass is 355 g/mol. The minimum Gasteiger partial charge on any atom is -0.316 e. The molecule has 0 radical (unpaired) electrons. The number of fused-ring (bicyclic) bond motifs is 1. The van der Waals surface area contributed by atoms with Crippen LogP contribution in [0.2, 0.25) is 0 Å². The van der Waals surface area contributed by atoms with E-state index < -0.39 is 10.0 Å². The number of nitrogens with zero attached hydrogens (tertiary/aromatic N) is 1. The smallest absolute Gasteiger partial charge is 0.242 e. The molecule has 1 saturated heterocycles. The Morgan fingerprint density at radius 1 is 1.35 bits per heavy atom. The van der Waals surface area contributed by atoms with Gasteiger partial charge in [-0.15, -0.1) is 12.4 Å². The van der Waals surface area contributed by atoms with Crippen molar-refractivity contribution < 1.29 is 8.42 Å². The van der Waals surface area contributed by atoms with Gasteiger partial charge in [0, 0.05) is 17.6 Å². The van der Waals surface area contributed by atoms with E-state index >= 15 is 0 Å². The van der Waals surface area contributed by atoms with Crippen LogP contribution < -0.4 is 10.0 Å². The molecule has 2 N–H and O–H groups in total. The molecule has 0 saturated carbocycles. The average molecular weight is 356 g/mol. The fraction of sp³-hybridized carbons (Fsp3) is 0.438. The zero-order valence-electron chi connectivity index (χ0n) is 13.2. The Morgan fingerprint density at radius 2 is 2.13 bits per heavy atom. The lowest BCUT2D eigenvalue weighted by Gasteiger charge is -2.30. The maximum atomic E-state index is 12.8. The highest BCUT2D eigenvalue weighted by molar-refractivity contribution is 7.89. The van der Waals surface area contributed by atoms with Crippen molar-refractivity contribution in [2.75, 3.05) is 13.1 Å². The molecule has 1 aliphatic heterocycles. The summed E-state index contributed by atoms with van der Waals surface area (Å²) < 4.78 is 28.4. The lowest BCUT2D eigenvalue weighted by molar-refractivity contribution is 0.328. The molecule has 2 atom stereocenters. The Balaban J connectivity index is 0.00000192. The Hall–Kier alpha value is -1.21. The molecular weight excluding hydrogens is 334 g/mol. The number of pyridine rings is 1. The molecule has 0 bridgehead atoms. The Labute approximate surface area is 143 Å². The van der Waals surface area contributed by atoms with E-state index in [1.165, 1.54) is 0 Å². The first-order valence-electron chi connectivity index (χ1n) is 7.56. The van der Waals surface area contributed by atoms with E-state index in [0.717, 1.165) is 30.5 Å². The predicted molar refractivity (Wildman–Crippen MR) is 94.5 cm³/mol. The van der Waals surface area contributed by atoms with Gasteiger partial charge in [0.2, 0.25) is 10.0 Å².